The van der Waals surface area contributed by atoms with E-state index in [1.807, 2.05) is 6.92 Å². The summed E-state index contributed by atoms with van der Waals surface area (Å²) in [5.74, 6) is -3.92. The molecular weight excluding hydrogens is 309 g/mol. The fourth-order valence-electron chi connectivity index (χ4n) is 1.85. The maximum absolute atomic E-state index is 13.1. The van der Waals surface area contributed by atoms with E-state index in [2.05, 4.69) is 10.6 Å². The van der Waals surface area contributed by atoms with E-state index in [1.54, 1.807) is 20.8 Å². The minimum atomic E-state index is -1.48. The lowest BCUT2D eigenvalue weighted by Crippen LogP contribution is -2.42. The molecule has 7 heteroatoms. The van der Waals surface area contributed by atoms with E-state index in [4.69, 9.17) is 4.74 Å². The van der Waals surface area contributed by atoms with Crippen molar-refractivity contribution < 1.29 is 22.7 Å². The van der Waals surface area contributed by atoms with Gasteiger partial charge in [0.05, 0.1) is 0 Å². The monoisotopic (exact) mass is 332 g/mol. The van der Waals surface area contributed by atoms with E-state index in [-0.39, 0.29) is 18.2 Å². The molecule has 0 radical (unpaired) electrons. The number of benzene rings is 1. The van der Waals surface area contributed by atoms with Gasteiger partial charge in [-0.15, -0.1) is 0 Å². The van der Waals surface area contributed by atoms with Crippen LogP contribution in [0.25, 0.3) is 0 Å². The number of nitrogens with one attached hydrogen (secondary N) is 2. The molecule has 0 aliphatic rings. The molecule has 0 bridgehead atoms. The molecule has 23 heavy (non-hydrogen) atoms. The summed E-state index contributed by atoms with van der Waals surface area (Å²) in [5.41, 5.74) is -0.292. The van der Waals surface area contributed by atoms with Crippen LogP contribution in [0.15, 0.2) is 12.1 Å². The van der Waals surface area contributed by atoms with Crippen molar-refractivity contribution in [2.24, 2.45) is 0 Å². The molecule has 0 aliphatic heterocycles. The molecule has 1 aromatic carbocycles. The molecule has 1 unspecified atom stereocenters. The minimum Gasteiger partial charge on any atom is -0.444 e. The number of amides is 1. The van der Waals surface area contributed by atoms with Gasteiger partial charge in [0.25, 0.3) is 0 Å². The number of carbonyl (C=O) groups is 1. The van der Waals surface area contributed by atoms with Crippen LogP contribution in [0.3, 0.4) is 0 Å². The van der Waals surface area contributed by atoms with Crippen molar-refractivity contribution in [1.29, 1.82) is 0 Å². The van der Waals surface area contributed by atoms with Crippen LogP contribution in [-0.4, -0.2) is 24.3 Å². The summed E-state index contributed by atoms with van der Waals surface area (Å²) in [5, 5.41) is 5.68. The number of halogens is 3. The van der Waals surface area contributed by atoms with Crippen LogP contribution >= 0.6 is 0 Å². The van der Waals surface area contributed by atoms with Crippen molar-refractivity contribution in [2.75, 3.05) is 6.54 Å². The smallest absolute Gasteiger partial charge is 0.407 e. The zero-order valence-corrected chi connectivity index (χ0v) is 13.8. The van der Waals surface area contributed by atoms with Gasteiger partial charge in [0.1, 0.15) is 5.60 Å². The summed E-state index contributed by atoms with van der Waals surface area (Å²) >= 11 is 0. The van der Waals surface area contributed by atoms with Gasteiger partial charge in [-0.05, 0) is 44.9 Å². The van der Waals surface area contributed by atoms with Gasteiger partial charge >= 0.3 is 6.09 Å². The van der Waals surface area contributed by atoms with Gasteiger partial charge in [0, 0.05) is 19.1 Å². The Morgan fingerprint density at radius 1 is 1.22 bits per heavy atom. The highest BCUT2D eigenvalue weighted by atomic mass is 19.2. The standard InChI is InChI=1S/C16H23F3N2O2/c1-5-11(9-21-15(22)23-16(2,3)4)20-8-10-6-12(17)14(19)13(18)7-10/h6-7,11,20H,5,8-9H2,1-4H3,(H,21,22). The molecule has 0 aromatic heterocycles. The number of rotatable bonds is 6. The molecule has 0 saturated heterocycles. The third-order valence-electron chi connectivity index (χ3n) is 3.02. The zero-order valence-electron chi connectivity index (χ0n) is 13.8. The molecule has 0 spiro atoms. The van der Waals surface area contributed by atoms with Crippen LogP contribution < -0.4 is 10.6 Å². The van der Waals surface area contributed by atoms with Crippen molar-refractivity contribution in [3.05, 3.63) is 35.1 Å². The van der Waals surface area contributed by atoms with E-state index in [0.717, 1.165) is 12.1 Å². The van der Waals surface area contributed by atoms with Gasteiger partial charge in [-0.2, -0.15) is 0 Å². The molecule has 1 rings (SSSR count). The number of carbonyl (C=O) groups excluding carboxylic acids is 1. The Bertz CT molecular complexity index is 522. The lowest BCUT2D eigenvalue weighted by molar-refractivity contribution is 0.0522. The Hall–Kier alpha value is -1.76. The Morgan fingerprint density at radius 3 is 2.26 bits per heavy atom. The number of ether oxygens (including phenoxy) is 1. The van der Waals surface area contributed by atoms with Crippen LogP contribution in [0, 0.1) is 17.5 Å². The predicted molar refractivity (Wildman–Crippen MR) is 81.5 cm³/mol. The highest BCUT2D eigenvalue weighted by Gasteiger charge is 2.17. The van der Waals surface area contributed by atoms with Crippen LogP contribution in [0.4, 0.5) is 18.0 Å². The van der Waals surface area contributed by atoms with Crippen LogP contribution in [0.2, 0.25) is 0 Å². The number of alkyl carbamates (subject to hydrolysis) is 1. The first-order chi connectivity index (χ1) is 10.6. The molecule has 1 atom stereocenters. The fourth-order valence-corrected chi connectivity index (χ4v) is 1.85. The van der Waals surface area contributed by atoms with E-state index >= 15 is 0 Å². The highest BCUT2D eigenvalue weighted by molar-refractivity contribution is 5.67. The van der Waals surface area contributed by atoms with Crippen LogP contribution in [0.1, 0.15) is 39.7 Å². The van der Waals surface area contributed by atoms with E-state index in [9.17, 15) is 18.0 Å². The molecule has 0 fully saturated rings. The van der Waals surface area contributed by atoms with Gasteiger partial charge in [-0.1, -0.05) is 6.92 Å². The Kier molecular flexibility index (Phi) is 6.87. The Morgan fingerprint density at radius 2 is 1.78 bits per heavy atom. The van der Waals surface area contributed by atoms with Gasteiger partial charge in [-0.3, -0.25) is 0 Å². The van der Waals surface area contributed by atoms with Crippen LogP contribution in [0.5, 0.6) is 0 Å². The Balaban J connectivity index is 2.50. The second-order valence-corrected chi connectivity index (χ2v) is 6.24. The van der Waals surface area contributed by atoms with Crippen molar-refractivity contribution in [2.45, 2.75) is 52.3 Å². The lowest BCUT2D eigenvalue weighted by atomic mass is 10.1. The van der Waals surface area contributed by atoms with Crippen molar-refractivity contribution in [3.8, 4) is 0 Å². The molecule has 2 N–H and O–H groups in total. The van der Waals surface area contributed by atoms with Gasteiger partial charge < -0.3 is 15.4 Å². The summed E-state index contributed by atoms with van der Waals surface area (Å²) in [6, 6.07) is 1.78. The molecule has 4 nitrogen and oxygen atoms in total. The summed E-state index contributed by atoms with van der Waals surface area (Å²) in [7, 11) is 0. The van der Waals surface area contributed by atoms with Gasteiger partial charge in [0.15, 0.2) is 17.5 Å². The minimum absolute atomic E-state index is 0.112. The SMILES string of the molecule is CCC(CNC(=O)OC(C)(C)C)NCc1cc(F)c(F)c(F)c1. The summed E-state index contributed by atoms with van der Waals surface area (Å²) in [4.78, 5) is 11.6. The first-order valence-electron chi connectivity index (χ1n) is 7.46. The largest absolute Gasteiger partial charge is 0.444 e. The van der Waals surface area contributed by atoms with Gasteiger partial charge in [-0.25, -0.2) is 18.0 Å². The average Bonchev–Trinajstić information content (AvgIpc) is 2.42. The maximum Gasteiger partial charge on any atom is 0.407 e. The van der Waals surface area contributed by atoms with E-state index in [0.29, 0.717) is 13.0 Å². The first kappa shape index (κ1) is 19.3. The maximum atomic E-state index is 13.1. The molecule has 130 valence electrons. The van der Waals surface area contributed by atoms with E-state index in [1.165, 1.54) is 0 Å². The van der Waals surface area contributed by atoms with E-state index < -0.39 is 29.1 Å². The normalized spacial score (nSPS) is 12.8. The first-order valence-corrected chi connectivity index (χ1v) is 7.46. The number of hydrogen-bond donors (Lipinski definition) is 2. The summed E-state index contributed by atoms with van der Waals surface area (Å²) in [6.07, 6.45) is 0.152. The third kappa shape index (κ3) is 6.90. The topological polar surface area (TPSA) is 50.4 Å². The van der Waals surface area contributed by atoms with Crippen LogP contribution in [-0.2, 0) is 11.3 Å². The summed E-state index contributed by atoms with van der Waals surface area (Å²) in [6.45, 7) is 7.65. The second kappa shape index (κ2) is 8.19. The third-order valence-corrected chi connectivity index (χ3v) is 3.02. The predicted octanol–water partition coefficient (Wildman–Crippen LogP) is 3.50. The number of hydrogen-bond acceptors (Lipinski definition) is 3. The second-order valence-electron chi connectivity index (χ2n) is 6.24. The van der Waals surface area contributed by atoms with Crippen molar-refractivity contribution >= 4 is 6.09 Å². The molecule has 0 aliphatic carbocycles. The molecule has 1 aromatic rings. The van der Waals surface area contributed by atoms with Crippen molar-refractivity contribution in [1.82, 2.24) is 10.6 Å². The lowest BCUT2D eigenvalue weighted by Gasteiger charge is -2.22. The fraction of sp³-hybridized carbons (Fsp3) is 0.562. The van der Waals surface area contributed by atoms with Gasteiger partial charge in [0.2, 0.25) is 0 Å². The Labute approximate surface area is 134 Å². The van der Waals surface area contributed by atoms with Crippen molar-refractivity contribution in [3.63, 3.8) is 0 Å². The molecule has 0 saturated carbocycles. The molecule has 0 heterocycles. The highest BCUT2D eigenvalue weighted by Crippen LogP contribution is 2.13. The average molecular weight is 332 g/mol. The molecule has 1 amide bonds. The summed E-state index contributed by atoms with van der Waals surface area (Å²) < 4.78 is 44.3. The quantitative estimate of drug-likeness (QED) is 0.784. The zero-order chi connectivity index (χ0) is 17.6. The molecular formula is C16H23F3N2O2.